The van der Waals surface area contributed by atoms with Crippen LogP contribution in [0.2, 0.25) is 0 Å². The average molecular weight is 239 g/mol. The van der Waals surface area contributed by atoms with Crippen molar-refractivity contribution in [2.45, 2.75) is 39.3 Å². The molecule has 0 aromatic carbocycles. The molecular formula is C11H21N5O. The molecule has 1 unspecified atom stereocenters. The van der Waals surface area contributed by atoms with Gasteiger partial charge >= 0.3 is 0 Å². The SMILES string of the molecule is CCc1nn(C)cc1CNC(CC)C(N)=NO. The molecule has 96 valence electrons. The summed E-state index contributed by atoms with van der Waals surface area (Å²) in [6, 6.07) is -0.107. The molecule has 0 spiro atoms. The van der Waals surface area contributed by atoms with Crippen LogP contribution in [0.5, 0.6) is 0 Å². The first kappa shape index (κ1) is 13.5. The third-order valence-electron chi connectivity index (χ3n) is 2.75. The number of aryl methyl sites for hydroxylation is 2. The summed E-state index contributed by atoms with van der Waals surface area (Å²) in [5, 5.41) is 19.3. The molecule has 0 radical (unpaired) electrons. The number of hydrogen-bond donors (Lipinski definition) is 3. The lowest BCUT2D eigenvalue weighted by atomic mass is 10.1. The third-order valence-corrected chi connectivity index (χ3v) is 2.75. The Hall–Kier alpha value is -1.56. The van der Waals surface area contributed by atoms with Gasteiger partial charge in [0.2, 0.25) is 0 Å². The summed E-state index contributed by atoms with van der Waals surface area (Å²) in [6.07, 6.45) is 3.67. The molecule has 0 bridgehead atoms. The molecule has 0 saturated heterocycles. The van der Waals surface area contributed by atoms with E-state index < -0.39 is 0 Å². The highest BCUT2D eigenvalue weighted by Gasteiger charge is 2.12. The van der Waals surface area contributed by atoms with Crippen LogP contribution in [0.4, 0.5) is 0 Å². The predicted molar refractivity (Wildman–Crippen MR) is 66.9 cm³/mol. The zero-order valence-electron chi connectivity index (χ0n) is 10.6. The summed E-state index contributed by atoms with van der Waals surface area (Å²) in [4.78, 5) is 0. The van der Waals surface area contributed by atoms with Crippen molar-refractivity contribution in [1.82, 2.24) is 15.1 Å². The van der Waals surface area contributed by atoms with Gasteiger partial charge in [-0.05, 0) is 12.8 Å². The highest BCUT2D eigenvalue weighted by molar-refractivity contribution is 5.85. The predicted octanol–water partition coefficient (Wildman–Crippen LogP) is 0.597. The summed E-state index contributed by atoms with van der Waals surface area (Å²) >= 11 is 0. The Morgan fingerprint density at radius 3 is 2.88 bits per heavy atom. The Morgan fingerprint density at radius 2 is 2.35 bits per heavy atom. The van der Waals surface area contributed by atoms with Crippen molar-refractivity contribution < 1.29 is 5.21 Å². The molecule has 0 fully saturated rings. The first-order valence-electron chi connectivity index (χ1n) is 5.84. The quantitative estimate of drug-likeness (QED) is 0.293. The monoisotopic (exact) mass is 239 g/mol. The highest BCUT2D eigenvalue weighted by atomic mass is 16.4. The van der Waals surface area contributed by atoms with Gasteiger partial charge in [0.25, 0.3) is 0 Å². The van der Waals surface area contributed by atoms with Gasteiger partial charge in [-0.2, -0.15) is 5.10 Å². The van der Waals surface area contributed by atoms with E-state index in [1.807, 2.05) is 20.2 Å². The van der Waals surface area contributed by atoms with Gasteiger partial charge in [0.1, 0.15) is 0 Å². The van der Waals surface area contributed by atoms with E-state index in [1.54, 1.807) is 4.68 Å². The molecule has 1 heterocycles. The van der Waals surface area contributed by atoms with Gasteiger partial charge in [0, 0.05) is 25.4 Å². The number of amidine groups is 1. The Bertz CT molecular complexity index is 385. The number of nitrogens with zero attached hydrogens (tertiary/aromatic N) is 3. The van der Waals surface area contributed by atoms with Crippen molar-refractivity contribution in [1.29, 1.82) is 0 Å². The topological polar surface area (TPSA) is 88.5 Å². The Balaban J connectivity index is 2.65. The molecule has 1 aromatic heterocycles. The van der Waals surface area contributed by atoms with Crippen molar-refractivity contribution in [2.75, 3.05) is 0 Å². The van der Waals surface area contributed by atoms with Crippen LogP contribution in [0.3, 0.4) is 0 Å². The molecule has 1 rings (SSSR count). The Labute approximate surface area is 101 Å². The van der Waals surface area contributed by atoms with Crippen molar-refractivity contribution in [3.8, 4) is 0 Å². The summed E-state index contributed by atoms with van der Waals surface area (Å²) < 4.78 is 1.81. The van der Waals surface area contributed by atoms with Crippen LogP contribution in [-0.2, 0) is 20.0 Å². The van der Waals surface area contributed by atoms with E-state index in [0.29, 0.717) is 6.54 Å². The van der Waals surface area contributed by atoms with Crippen molar-refractivity contribution in [2.24, 2.45) is 17.9 Å². The molecule has 0 amide bonds. The van der Waals surface area contributed by atoms with E-state index in [0.717, 1.165) is 24.1 Å². The smallest absolute Gasteiger partial charge is 0.156 e. The number of nitrogens with two attached hydrogens (primary N) is 1. The lowest BCUT2D eigenvalue weighted by Crippen LogP contribution is -2.40. The van der Waals surface area contributed by atoms with Gasteiger partial charge in [-0.25, -0.2) is 0 Å². The minimum Gasteiger partial charge on any atom is -0.409 e. The zero-order valence-corrected chi connectivity index (χ0v) is 10.6. The molecule has 0 saturated carbocycles. The van der Waals surface area contributed by atoms with Gasteiger partial charge in [-0.15, -0.1) is 0 Å². The summed E-state index contributed by atoms with van der Waals surface area (Å²) in [6.45, 7) is 4.73. The van der Waals surface area contributed by atoms with Gasteiger partial charge in [-0.1, -0.05) is 19.0 Å². The lowest BCUT2D eigenvalue weighted by molar-refractivity contribution is 0.314. The van der Waals surface area contributed by atoms with Crippen LogP contribution in [0, 0.1) is 0 Å². The number of aromatic nitrogens is 2. The minimum atomic E-state index is -0.107. The fourth-order valence-corrected chi connectivity index (χ4v) is 1.79. The first-order valence-corrected chi connectivity index (χ1v) is 5.84. The van der Waals surface area contributed by atoms with Crippen LogP contribution in [0.1, 0.15) is 31.5 Å². The largest absolute Gasteiger partial charge is 0.409 e. The van der Waals surface area contributed by atoms with E-state index >= 15 is 0 Å². The van der Waals surface area contributed by atoms with Crippen LogP contribution in [0.15, 0.2) is 11.4 Å². The zero-order chi connectivity index (χ0) is 12.8. The summed E-state index contributed by atoms with van der Waals surface area (Å²) in [5.41, 5.74) is 7.81. The van der Waals surface area contributed by atoms with Crippen molar-refractivity contribution >= 4 is 5.84 Å². The van der Waals surface area contributed by atoms with Gasteiger partial charge < -0.3 is 16.3 Å². The van der Waals surface area contributed by atoms with Gasteiger partial charge in [0.15, 0.2) is 5.84 Å². The van der Waals surface area contributed by atoms with Crippen LogP contribution in [-0.4, -0.2) is 26.9 Å². The fraction of sp³-hybridized carbons (Fsp3) is 0.636. The van der Waals surface area contributed by atoms with E-state index in [2.05, 4.69) is 22.5 Å². The second-order valence-corrected chi connectivity index (χ2v) is 3.99. The highest BCUT2D eigenvalue weighted by Crippen LogP contribution is 2.07. The van der Waals surface area contributed by atoms with Gasteiger partial charge in [0.05, 0.1) is 11.7 Å². The molecule has 17 heavy (non-hydrogen) atoms. The molecular weight excluding hydrogens is 218 g/mol. The summed E-state index contributed by atoms with van der Waals surface area (Å²) in [7, 11) is 1.91. The maximum Gasteiger partial charge on any atom is 0.156 e. The maximum absolute atomic E-state index is 8.64. The molecule has 0 aliphatic carbocycles. The normalized spacial score (nSPS) is 13.9. The van der Waals surface area contributed by atoms with Gasteiger partial charge in [-0.3, -0.25) is 4.68 Å². The maximum atomic E-state index is 8.64. The number of rotatable bonds is 6. The van der Waals surface area contributed by atoms with E-state index in [9.17, 15) is 0 Å². The van der Waals surface area contributed by atoms with E-state index in [-0.39, 0.29) is 11.9 Å². The van der Waals surface area contributed by atoms with Crippen molar-refractivity contribution in [3.05, 3.63) is 17.5 Å². The molecule has 6 heteroatoms. The molecule has 0 aliphatic rings. The minimum absolute atomic E-state index is 0.107. The van der Waals surface area contributed by atoms with Crippen LogP contribution in [0.25, 0.3) is 0 Å². The van der Waals surface area contributed by atoms with Crippen molar-refractivity contribution in [3.63, 3.8) is 0 Å². The second-order valence-electron chi connectivity index (χ2n) is 3.99. The number of oxime groups is 1. The third kappa shape index (κ3) is 3.45. The number of nitrogens with one attached hydrogen (secondary N) is 1. The standard InChI is InChI=1S/C11H21N5O/c1-4-9-8(7-16(3)14-9)6-13-10(5-2)11(12)15-17/h7,10,13,17H,4-6H2,1-3H3,(H2,12,15). The second kappa shape index (κ2) is 6.24. The Morgan fingerprint density at radius 1 is 1.65 bits per heavy atom. The molecule has 1 atom stereocenters. The fourth-order valence-electron chi connectivity index (χ4n) is 1.79. The molecule has 0 aliphatic heterocycles. The first-order chi connectivity index (χ1) is 8.12. The molecule has 4 N–H and O–H groups in total. The van der Waals surface area contributed by atoms with E-state index in [4.69, 9.17) is 10.9 Å². The Kier molecular flexibility index (Phi) is 4.96. The summed E-state index contributed by atoms with van der Waals surface area (Å²) in [5.74, 6) is 0.217. The number of hydrogen-bond acceptors (Lipinski definition) is 4. The molecule has 6 nitrogen and oxygen atoms in total. The lowest BCUT2D eigenvalue weighted by Gasteiger charge is -2.14. The molecule has 1 aromatic rings. The van der Waals surface area contributed by atoms with Crippen LogP contribution >= 0.6 is 0 Å². The van der Waals surface area contributed by atoms with Crippen LogP contribution < -0.4 is 11.1 Å². The van der Waals surface area contributed by atoms with E-state index in [1.165, 1.54) is 0 Å². The average Bonchev–Trinajstić information content (AvgIpc) is 2.70.